The Morgan fingerprint density at radius 1 is 0.917 bits per heavy atom. The van der Waals surface area contributed by atoms with E-state index in [1.165, 1.54) is 31.4 Å². The quantitative estimate of drug-likeness (QED) is 0.250. The summed E-state index contributed by atoms with van der Waals surface area (Å²) in [5.41, 5.74) is 0.799. The fourth-order valence-electron chi connectivity index (χ4n) is 4.65. The predicted octanol–water partition coefficient (Wildman–Crippen LogP) is 4.43. The van der Waals surface area contributed by atoms with E-state index in [9.17, 15) is 19.7 Å². The molecule has 0 saturated carbocycles. The largest absolute Gasteiger partial charge is 0.493 e. The standard InChI is InChI=1S/C25H20BrN3O7/c1-34-19-12-17(18(29(32)33)13-20(19)35-2)22-21-23(36-28(22)16-6-4-3-5-7-16)25(31)27(24(21)30)15-10-8-14(26)9-11-15/h3-13,21-23H,1-2H3. The van der Waals surface area contributed by atoms with Crippen LogP contribution in [0.5, 0.6) is 11.5 Å². The fourth-order valence-corrected chi connectivity index (χ4v) is 4.92. The second-order valence-corrected chi connectivity index (χ2v) is 9.09. The Labute approximate surface area is 214 Å². The number of rotatable bonds is 6. The summed E-state index contributed by atoms with van der Waals surface area (Å²) in [6.45, 7) is 0. The summed E-state index contributed by atoms with van der Waals surface area (Å²) >= 11 is 3.35. The van der Waals surface area contributed by atoms with Gasteiger partial charge in [0.2, 0.25) is 5.91 Å². The Kier molecular flexibility index (Phi) is 6.10. The maximum atomic E-state index is 13.8. The summed E-state index contributed by atoms with van der Waals surface area (Å²) in [7, 11) is 2.79. The summed E-state index contributed by atoms with van der Waals surface area (Å²) < 4.78 is 11.4. The lowest BCUT2D eigenvalue weighted by molar-refractivity contribution is -0.385. The summed E-state index contributed by atoms with van der Waals surface area (Å²) in [5.74, 6) is -1.69. The first-order valence-electron chi connectivity index (χ1n) is 10.9. The van der Waals surface area contributed by atoms with E-state index in [-0.39, 0.29) is 22.7 Å². The van der Waals surface area contributed by atoms with E-state index in [2.05, 4.69) is 15.9 Å². The molecule has 0 N–H and O–H groups in total. The second-order valence-electron chi connectivity index (χ2n) is 8.17. The Morgan fingerprint density at radius 2 is 1.56 bits per heavy atom. The van der Waals surface area contributed by atoms with Gasteiger partial charge in [-0.15, -0.1) is 0 Å². The van der Waals surface area contributed by atoms with E-state index in [0.29, 0.717) is 11.4 Å². The number of halogens is 1. The minimum Gasteiger partial charge on any atom is -0.493 e. The Hall–Kier alpha value is -3.96. The molecular weight excluding hydrogens is 534 g/mol. The zero-order valence-corrected chi connectivity index (χ0v) is 20.7. The third-order valence-corrected chi connectivity index (χ3v) is 6.79. The molecule has 0 bridgehead atoms. The number of ether oxygens (including phenoxy) is 2. The van der Waals surface area contributed by atoms with Gasteiger partial charge in [-0.05, 0) is 42.5 Å². The number of amides is 2. The monoisotopic (exact) mass is 553 g/mol. The number of hydrogen-bond donors (Lipinski definition) is 0. The van der Waals surface area contributed by atoms with E-state index in [1.807, 2.05) is 0 Å². The smallest absolute Gasteiger partial charge is 0.278 e. The molecule has 2 fully saturated rings. The van der Waals surface area contributed by atoms with Gasteiger partial charge in [0, 0.05) is 4.47 Å². The van der Waals surface area contributed by atoms with Crippen molar-refractivity contribution in [3.63, 3.8) is 0 Å². The summed E-state index contributed by atoms with van der Waals surface area (Å²) in [5, 5.41) is 13.5. The second kappa shape index (κ2) is 9.25. The number of fused-ring (bicyclic) bond motifs is 1. The first-order valence-corrected chi connectivity index (χ1v) is 11.7. The number of carbonyl (C=O) groups is 2. The highest BCUT2D eigenvalue weighted by molar-refractivity contribution is 9.10. The number of hydroxylamine groups is 1. The van der Waals surface area contributed by atoms with Gasteiger partial charge in [0.1, 0.15) is 12.0 Å². The Bertz CT molecular complexity index is 1350. The normalized spacial score (nSPS) is 21.0. The lowest BCUT2D eigenvalue weighted by Crippen LogP contribution is -2.37. The molecule has 3 aromatic rings. The first-order chi connectivity index (χ1) is 17.3. The van der Waals surface area contributed by atoms with Crippen LogP contribution in [-0.2, 0) is 14.4 Å². The number of para-hydroxylation sites is 1. The molecule has 2 aliphatic rings. The molecular formula is C25H20BrN3O7. The van der Waals surface area contributed by atoms with E-state index >= 15 is 0 Å². The minimum absolute atomic E-state index is 0.160. The number of benzene rings is 3. The average Bonchev–Trinajstić information content (AvgIpc) is 3.40. The molecule has 3 aromatic carbocycles. The summed E-state index contributed by atoms with van der Waals surface area (Å²) in [6, 6.07) is 17.3. The van der Waals surface area contributed by atoms with Crippen molar-refractivity contribution in [1.29, 1.82) is 0 Å². The van der Waals surface area contributed by atoms with Crippen molar-refractivity contribution in [2.75, 3.05) is 24.2 Å². The molecule has 184 valence electrons. The topological polar surface area (TPSA) is 111 Å². The lowest BCUT2D eigenvalue weighted by atomic mass is 9.89. The Morgan fingerprint density at radius 3 is 2.17 bits per heavy atom. The maximum Gasteiger partial charge on any atom is 0.278 e. The van der Waals surface area contributed by atoms with Gasteiger partial charge in [-0.2, -0.15) is 0 Å². The molecule has 0 radical (unpaired) electrons. The van der Waals surface area contributed by atoms with Gasteiger partial charge in [-0.1, -0.05) is 34.1 Å². The summed E-state index contributed by atoms with van der Waals surface area (Å²) in [6.07, 6.45) is -1.17. The van der Waals surface area contributed by atoms with Crippen LogP contribution in [0.25, 0.3) is 0 Å². The van der Waals surface area contributed by atoms with Crippen LogP contribution in [0.15, 0.2) is 71.2 Å². The van der Waals surface area contributed by atoms with Crippen molar-refractivity contribution in [2.24, 2.45) is 5.92 Å². The van der Waals surface area contributed by atoms with E-state index in [0.717, 1.165) is 9.37 Å². The molecule has 2 heterocycles. The number of imide groups is 1. The minimum atomic E-state index is -1.17. The molecule has 0 spiro atoms. The number of nitro groups is 1. The van der Waals surface area contributed by atoms with Crippen molar-refractivity contribution in [3.8, 4) is 11.5 Å². The van der Waals surface area contributed by atoms with Crippen LogP contribution < -0.4 is 19.4 Å². The number of anilines is 2. The maximum absolute atomic E-state index is 13.8. The molecule has 2 aliphatic heterocycles. The first kappa shape index (κ1) is 23.8. The van der Waals surface area contributed by atoms with Gasteiger partial charge in [0.15, 0.2) is 17.6 Å². The van der Waals surface area contributed by atoms with E-state index in [4.69, 9.17) is 14.3 Å². The van der Waals surface area contributed by atoms with Gasteiger partial charge < -0.3 is 9.47 Å². The molecule has 2 saturated heterocycles. The van der Waals surface area contributed by atoms with Crippen LogP contribution in [0.1, 0.15) is 11.6 Å². The third-order valence-electron chi connectivity index (χ3n) is 6.26. The molecule has 3 unspecified atom stereocenters. The molecule has 0 aliphatic carbocycles. The highest BCUT2D eigenvalue weighted by Gasteiger charge is 2.61. The number of carbonyl (C=O) groups excluding carboxylic acids is 2. The van der Waals surface area contributed by atoms with Crippen LogP contribution >= 0.6 is 15.9 Å². The Balaban J connectivity index is 1.68. The van der Waals surface area contributed by atoms with Crippen molar-refractivity contribution in [1.82, 2.24) is 0 Å². The van der Waals surface area contributed by atoms with Crippen LogP contribution in [0.2, 0.25) is 0 Å². The van der Waals surface area contributed by atoms with Gasteiger partial charge in [-0.25, -0.2) is 9.96 Å². The fraction of sp³-hybridized carbons (Fsp3) is 0.200. The van der Waals surface area contributed by atoms with Gasteiger partial charge in [0.25, 0.3) is 11.6 Å². The molecule has 0 aromatic heterocycles. The number of nitrogens with zero attached hydrogens (tertiary/aromatic N) is 3. The van der Waals surface area contributed by atoms with Crippen LogP contribution in [0, 0.1) is 16.0 Å². The molecule has 11 heteroatoms. The highest BCUT2D eigenvalue weighted by Crippen LogP contribution is 2.51. The zero-order chi connectivity index (χ0) is 25.6. The van der Waals surface area contributed by atoms with E-state index < -0.39 is 34.8 Å². The SMILES string of the molecule is COc1cc(C2C3C(=O)N(c4ccc(Br)cc4)C(=O)C3ON2c2ccccc2)c([N+](=O)[O-])cc1OC. The molecule has 10 nitrogen and oxygen atoms in total. The van der Waals surface area contributed by atoms with Gasteiger partial charge >= 0.3 is 0 Å². The van der Waals surface area contributed by atoms with Crippen LogP contribution in [0.4, 0.5) is 17.1 Å². The highest BCUT2D eigenvalue weighted by atomic mass is 79.9. The van der Waals surface area contributed by atoms with Crippen LogP contribution in [0.3, 0.4) is 0 Å². The van der Waals surface area contributed by atoms with Gasteiger partial charge in [-0.3, -0.25) is 24.5 Å². The number of methoxy groups -OCH3 is 2. The summed E-state index contributed by atoms with van der Waals surface area (Å²) in [4.78, 5) is 45.9. The van der Waals surface area contributed by atoms with Crippen LogP contribution in [-0.4, -0.2) is 37.1 Å². The number of hydrogen-bond acceptors (Lipinski definition) is 8. The number of nitro benzene ring substituents is 1. The molecule has 36 heavy (non-hydrogen) atoms. The lowest BCUT2D eigenvalue weighted by Gasteiger charge is -2.29. The van der Waals surface area contributed by atoms with Gasteiger partial charge in [0.05, 0.1) is 42.1 Å². The zero-order valence-electron chi connectivity index (χ0n) is 19.2. The van der Waals surface area contributed by atoms with E-state index in [1.54, 1.807) is 54.6 Å². The predicted molar refractivity (Wildman–Crippen MR) is 133 cm³/mol. The van der Waals surface area contributed by atoms with Crippen molar-refractivity contribution < 1.29 is 28.8 Å². The average molecular weight is 554 g/mol. The van der Waals surface area contributed by atoms with Crippen molar-refractivity contribution in [2.45, 2.75) is 12.1 Å². The molecule has 5 rings (SSSR count). The van der Waals surface area contributed by atoms with Crippen molar-refractivity contribution in [3.05, 3.63) is 86.9 Å². The van der Waals surface area contributed by atoms with Crippen molar-refractivity contribution >= 4 is 44.8 Å². The third kappa shape index (κ3) is 3.76. The molecule has 3 atom stereocenters. The molecule has 2 amide bonds.